The Balaban J connectivity index is 2.94. The topological polar surface area (TPSA) is 0 Å². The molecule has 0 unspecified atom stereocenters. The van der Waals surface area contributed by atoms with Crippen LogP contribution in [0.15, 0.2) is 22.4 Å². The third-order valence-corrected chi connectivity index (χ3v) is 3.73. The first-order valence-corrected chi connectivity index (χ1v) is 5.26. The lowest BCUT2D eigenvalue weighted by Crippen LogP contribution is -1.78. The number of thiol groups is 1. The molecule has 0 fully saturated rings. The van der Waals surface area contributed by atoms with Gasteiger partial charge in [-0.15, -0.1) is 24.0 Å². The summed E-state index contributed by atoms with van der Waals surface area (Å²) in [6, 6.07) is 4.10. The van der Waals surface area contributed by atoms with Crippen molar-refractivity contribution in [3.05, 3.63) is 28.1 Å². The molecule has 0 spiro atoms. The number of halogens is 1. The molecule has 0 amide bonds. The van der Waals surface area contributed by atoms with Gasteiger partial charge in [-0.25, -0.2) is 0 Å². The van der Waals surface area contributed by atoms with Gasteiger partial charge >= 0.3 is 0 Å². The van der Waals surface area contributed by atoms with Crippen molar-refractivity contribution in [2.75, 3.05) is 0 Å². The summed E-state index contributed by atoms with van der Waals surface area (Å²) in [4.78, 5) is 0.968. The van der Waals surface area contributed by atoms with E-state index >= 15 is 0 Å². The lowest BCUT2D eigenvalue weighted by molar-refractivity contribution is 1.35. The Labute approximate surface area is 85.6 Å². The number of thiophene rings is 1. The minimum atomic E-state index is 0.832. The fraction of sp³-hybridized carbons (Fsp3) is 0.111. The highest BCUT2D eigenvalue weighted by atomic mass is 35.5. The number of fused-ring (bicyclic) bond motifs is 1. The van der Waals surface area contributed by atoms with Crippen molar-refractivity contribution < 1.29 is 0 Å². The normalized spacial score (nSPS) is 10.9. The molecule has 0 nitrogen and oxygen atoms in total. The second-order valence-corrected chi connectivity index (χ2v) is 4.47. The molecule has 0 aliphatic heterocycles. The highest BCUT2D eigenvalue weighted by molar-refractivity contribution is 7.80. The molecule has 0 N–H and O–H groups in total. The molecule has 0 saturated heterocycles. The van der Waals surface area contributed by atoms with Crippen molar-refractivity contribution in [1.29, 1.82) is 0 Å². The van der Waals surface area contributed by atoms with Crippen molar-refractivity contribution in [3.8, 4) is 0 Å². The van der Waals surface area contributed by atoms with Gasteiger partial charge < -0.3 is 0 Å². The summed E-state index contributed by atoms with van der Waals surface area (Å²) < 4.78 is 1.20. The molecule has 0 aliphatic rings. The molecule has 1 aromatic carbocycles. The van der Waals surface area contributed by atoms with Gasteiger partial charge in [0, 0.05) is 15.0 Å². The smallest absolute Gasteiger partial charge is 0.0533 e. The van der Waals surface area contributed by atoms with Gasteiger partial charge in [-0.1, -0.05) is 11.6 Å². The van der Waals surface area contributed by atoms with E-state index in [1.165, 1.54) is 4.70 Å². The summed E-state index contributed by atoms with van der Waals surface area (Å²) in [5.41, 5.74) is 1.06. The predicted molar refractivity (Wildman–Crippen MR) is 58.8 cm³/mol. The minimum Gasteiger partial charge on any atom is -0.144 e. The highest BCUT2D eigenvalue weighted by Crippen LogP contribution is 2.34. The summed E-state index contributed by atoms with van der Waals surface area (Å²) in [6.45, 7) is 1.99. The van der Waals surface area contributed by atoms with Crippen LogP contribution in [0, 0.1) is 6.92 Å². The Kier molecular flexibility index (Phi) is 2.07. The first kappa shape index (κ1) is 8.42. The van der Waals surface area contributed by atoms with Gasteiger partial charge in [-0.05, 0) is 30.0 Å². The fourth-order valence-electron chi connectivity index (χ4n) is 1.16. The average Bonchev–Trinajstić information content (AvgIpc) is 2.48. The molecule has 12 heavy (non-hydrogen) atoms. The lowest BCUT2D eigenvalue weighted by Gasteiger charge is -2.02. The van der Waals surface area contributed by atoms with Gasteiger partial charge in [0.1, 0.15) is 0 Å². The largest absolute Gasteiger partial charge is 0.144 e. The van der Waals surface area contributed by atoms with Crippen molar-refractivity contribution in [2.45, 2.75) is 11.8 Å². The zero-order valence-electron chi connectivity index (χ0n) is 6.47. The Morgan fingerprint density at radius 1 is 1.50 bits per heavy atom. The number of benzene rings is 1. The van der Waals surface area contributed by atoms with Crippen molar-refractivity contribution in [3.63, 3.8) is 0 Å². The van der Waals surface area contributed by atoms with Crippen LogP contribution in [0.5, 0.6) is 0 Å². The van der Waals surface area contributed by atoms with Crippen molar-refractivity contribution >= 4 is 45.7 Å². The molecule has 2 rings (SSSR count). The van der Waals surface area contributed by atoms with Gasteiger partial charge in [-0.2, -0.15) is 0 Å². The molecule has 0 atom stereocenters. The van der Waals surface area contributed by atoms with Crippen LogP contribution in [-0.4, -0.2) is 0 Å². The maximum atomic E-state index is 6.13. The standard InChI is InChI=1S/C9H7ClS2/c1-5-7(11)4-8-6(9(5)10)2-3-12-8/h2-4,11H,1H3. The summed E-state index contributed by atoms with van der Waals surface area (Å²) >= 11 is 12.2. The molecule has 0 aliphatic carbocycles. The van der Waals surface area contributed by atoms with Crippen LogP contribution in [-0.2, 0) is 0 Å². The maximum absolute atomic E-state index is 6.13. The van der Waals surface area contributed by atoms with Gasteiger partial charge in [0.2, 0.25) is 0 Å². The monoisotopic (exact) mass is 214 g/mol. The van der Waals surface area contributed by atoms with Crippen LogP contribution in [0.25, 0.3) is 10.1 Å². The van der Waals surface area contributed by atoms with Gasteiger partial charge in [-0.3, -0.25) is 0 Å². The van der Waals surface area contributed by atoms with E-state index in [1.807, 2.05) is 18.4 Å². The van der Waals surface area contributed by atoms with E-state index in [1.54, 1.807) is 11.3 Å². The summed E-state index contributed by atoms with van der Waals surface area (Å²) in [6.07, 6.45) is 0. The molecule has 0 saturated carbocycles. The van der Waals surface area contributed by atoms with E-state index in [-0.39, 0.29) is 0 Å². The molecule has 62 valence electrons. The molecule has 1 aromatic heterocycles. The van der Waals surface area contributed by atoms with Crippen LogP contribution in [0.1, 0.15) is 5.56 Å². The first-order chi connectivity index (χ1) is 5.70. The highest BCUT2D eigenvalue weighted by Gasteiger charge is 2.06. The zero-order valence-corrected chi connectivity index (χ0v) is 8.93. The van der Waals surface area contributed by atoms with Crippen LogP contribution >= 0.6 is 35.6 Å². The summed E-state index contributed by atoms with van der Waals surface area (Å²) in [7, 11) is 0. The third-order valence-electron chi connectivity index (χ3n) is 1.91. The Morgan fingerprint density at radius 2 is 2.25 bits per heavy atom. The van der Waals surface area contributed by atoms with E-state index in [4.69, 9.17) is 11.6 Å². The number of rotatable bonds is 0. The molecule has 3 heteroatoms. The molecule has 0 bridgehead atoms. The summed E-state index contributed by atoms with van der Waals surface area (Å²) in [5, 5.41) is 4.01. The lowest BCUT2D eigenvalue weighted by atomic mass is 10.2. The van der Waals surface area contributed by atoms with E-state index in [0.717, 1.165) is 20.9 Å². The van der Waals surface area contributed by atoms with Gasteiger partial charge in [0.25, 0.3) is 0 Å². The molecular weight excluding hydrogens is 208 g/mol. The van der Waals surface area contributed by atoms with E-state index in [0.29, 0.717) is 0 Å². The first-order valence-electron chi connectivity index (χ1n) is 3.55. The van der Waals surface area contributed by atoms with E-state index in [2.05, 4.69) is 18.7 Å². The Hall–Kier alpha value is -0.180. The quantitative estimate of drug-likeness (QED) is 0.626. The zero-order chi connectivity index (χ0) is 8.72. The SMILES string of the molecule is Cc1c(S)cc2sccc2c1Cl. The Bertz CT molecular complexity index is 431. The number of hydrogen-bond acceptors (Lipinski definition) is 2. The van der Waals surface area contributed by atoms with Crippen LogP contribution in [0.4, 0.5) is 0 Å². The van der Waals surface area contributed by atoms with Crippen molar-refractivity contribution in [1.82, 2.24) is 0 Å². The maximum Gasteiger partial charge on any atom is 0.0533 e. The molecule has 2 aromatic rings. The molecular formula is C9H7ClS2. The van der Waals surface area contributed by atoms with E-state index in [9.17, 15) is 0 Å². The molecule has 0 radical (unpaired) electrons. The average molecular weight is 215 g/mol. The van der Waals surface area contributed by atoms with Crippen LogP contribution < -0.4 is 0 Å². The molecule has 1 heterocycles. The van der Waals surface area contributed by atoms with Crippen LogP contribution in [0.2, 0.25) is 5.02 Å². The van der Waals surface area contributed by atoms with Crippen molar-refractivity contribution in [2.24, 2.45) is 0 Å². The minimum absolute atomic E-state index is 0.832. The predicted octanol–water partition coefficient (Wildman–Crippen LogP) is 4.15. The second-order valence-electron chi connectivity index (χ2n) is 2.67. The van der Waals surface area contributed by atoms with Crippen LogP contribution in [0.3, 0.4) is 0 Å². The van der Waals surface area contributed by atoms with Gasteiger partial charge in [0.15, 0.2) is 0 Å². The summed E-state index contributed by atoms with van der Waals surface area (Å²) in [5.74, 6) is 0. The fourth-order valence-corrected chi connectivity index (χ4v) is 2.71. The second kappa shape index (κ2) is 2.95. The third kappa shape index (κ3) is 1.15. The Morgan fingerprint density at radius 3 is 3.00 bits per heavy atom. The van der Waals surface area contributed by atoms with Gasteiger partial charge in [0.05, 0.1) is 5.02 Å². The number of hydrogen-bond donors (Lipinski definition) is 1. The van der Waals surface area contributed by atoms with E-state index < -0.39 is 0 Å².